The van der Waals surface area contributed by atoms with Gasteiger partial charge in [0, 0.05) is 47.0 Å². The van der Waals surface area contributed by atoms with Gasteiger partial charge in [-0.3, -0.25) is 9.97 Å². The lowest BCUT2D eigenvalue weighted by atomic mass is 9.98. The maximum absolute atomic E-state index is 4.57. The minimum Gasteiger partial charge on any atom is -0.265 e. The highest BCUT2D eigenvalue weighted by Crippen LogP contribution is 2.34. The smallest absolute Gasteiger partial charge is 0.121 e. The standard InChI is InChI=1S/C26H12N6S2/c1(17-9-13-27-14-10-17)3-19-5-7-21(25-23(19)29-33-31-25)22-8-6-20(24-26(22)32-34-30-24)4-2-18-11-15-28-16-12-18/h5-16H. The number of fused-ring (bicyclic) bond motifs is 2. The number of benzene rings is 2. The second-order valence-corrected chi connectivity index (χ2v) is 8.27. The van der Waals surface area contributed by atoms with Crippen LogP contribution >= 0.6 is 23.5 Å². The first-order valence-corrected chi connectivity index (χ1v) is 11.7. The Bertz CT molecular complexity index is 1630. The van der Waals surface area contributed by atoms with E-state index in [1.54, 1.807) is 24.8 Å². The van der Waals surface area contributed by atoms with Crippen molar-refractivity contribution in [1.82, 2.24) is 27.5 Å². The molecule has 6 rings (SSSR count). The van der Waals surface area contributed by atoms with Crippen LogP contribution in [-0.4, -0.2) is 27.5 Å². The average molecular weight is 473 g/mol. The van der Waals surface area contributed by atoms with E-state index in [9.17, 15) is 0 Å². The Kier molecular flexibility index (Phi) is 5.21. The van der Waals surface area contributed by atoms with Crippen LogP contribution in [0.5, 0.6) is 0 Å². The summed E-state index contributed by atoms with van der Waals surface area (Å²) in [5.41, 5.74) is 8.52. The van der Waals surface area contributed by atoms with E-state index in [1.165, 1.54) is 23.5 Å². The van der Waals surface area contributed by atoms with Crippen LogP contribution in [-0.2, 0) is 0 Å². The van der Waals surface area contributed by atoms with Crippen LogP contribution in [0.3, 0.4) is 0 Å². The lowest BCUT2D eigenvalue weighted by Gasteiger charge is -2.05. The number of rotatable bonds is 1. The van der Waals surface area contributed by atoms with E-state index in [-0.39, 0.29) is 0 Å². The molecule has 0 aliphatic heterocycles. The van der Waals surface area contributed by atoms with Gasteiger partial charge in [-0.05, 0) is 36.4 Å². The summed E-state index contributed by atoms with van der Waals surface area (Å²) in [6.07, 6.45) is 6.91. The van der Waals surface area contributed by atoms with Crippen LogP contribution < -0.4 is 0 Å². The fourth-order valence-electron chi connectivity index (χ4n) is 3.52. The molecule has 0 N–H and O–H groups in total. The largest absolute Gasteiger partial charge is 0.265 e. The highest BCUT2D eigenvalue weighted by Gasteiger charge is 2.16. The second-order valence-electron chi connectivity index (χ2n) is 7.22. The Morgan fingerprint density at radius 1 is 0.441 bits per heavy atom. The summed E-state index contributed by atoms with van der Waals surface area (Å²) in [7, 11) is 0. The molecular weight excluding hydrogens is 460 g/mol. The Balaban J connectivity index is 1.44. The van der Waals surface area contributed by atoms with Gasteiger partial charge < -0.3 is 0 Å². The summed E-state index contributed by atoms with van der Waals surface area (Å²) in [4.78, 5) is 8.06. The molecule has 4 aromatic heterocycles. The first kappa shape index (κ1) is 20.1. The quantitative estimate of drug-likeness (QED) is 0.315. The van der Waals surface area contributed by atoms with Crippen molar-refractivity contribution in [2.45, 2.75) is 0 Å². The molecule has 0 amide bonds. The molecule has 0 radical (unpaired) electrons. The third-order valence-electron chi connectivity index (χ3n) is 5.16. The minimum atomic E-state index is 0.780. The Morgan fingerprint density at radius 2 is 0.853 bits per heavy atom. The molecule has 158 valence electrons. The predicted octanol–water partition coefficient (Wildman–Crippen LogP) is 4.95. The Morgan fingerprint density at radius 3 is 1.29 bits per heavy atom. The minimum absolute atomic E-state index is 0.780. The predicted molar refractivity (Wildman–Crippen MR) is 134 cm³/mol. The monoisotopic (exact) mass is 472 g/mol. The van der Waals surface area contributed by atoms with Gasteiger partial charge in [0.15, 0.2) is 0 Å². The van der Waals surface area contributed by atoms with Crippen molar-refractivity contribution in [2.24, 2.45) is 0 Å². The van der Waals surface area contributed by atoms with Crippen LogP contribution in [0, 0.1) is 23.7 Å². The van der Waals surface area contributed by atoms with Gasteiger partial charge in [0.1, 0.15) is 22.1 Å². The van der Waals surface area contributed by atoms with Crippen molar-refractivity contribution >= 4 is 45.5 Å². The Labute approximate surface area is 203 Å². The van der Waals surface area contributed by atoms with Crippen LogP contribution in [0.15, 0.2) is 73.3 Å². The summed E-state index contributed by atoms with van der Waals surface area (Å²) in [6.45, 7) is 0. The molecule has 6 nitrogen and oxygen atoms in total. The van der Waals surface area contributed by atoms with Crippen molar-refractivity contribution in [3.63, 3.8) is 0 Å². The fraction of sp³-hybridized carbons (Fsp3) is 0. The van der Waals surface area contributed by atoms with Gasteiger partial charge in [0.2, 0.25) is 0 Å². The molecule has 34 heavy (non-hydrogen) atoms. The number of nitrogens with zero attached hydrogens (tertiary/aromatic N) is 6. The molecule has 0 aliphatic carbocycles. The number of hydrogen-bond acceptors (Lipinski definition) is 8. The average Bonchev–Trinajstić information content (AvgIpc) is 3.58. The fourth-order valence-corrected chi connectivity index (χ4v) is 4.67. The molecule has 0 spiro atoms. The van der Waals surface area contributed by atoms with Crippen LogP contribution in [0.25, 0.3) is 33.2 Å². The zero-order valence-corrected chi connectivity index (χ0v) is 19.1. The van der Waals surface area contributed by atoms with E-state index < -0.39 is 0 Å². The topological polar surface area (TPSA) is 77.3 Å². The SMILES string of the molecule is C(#Cc1ccc(-c2ccc(C#Cc3ccncc3)c3nsnc23)c2nsnc12)c1ccncc1. The van der Waals surface area contributed by atoms with Gasteiger partial charge in [-0.2, -0.15) is 17.5 Å². The highest BCUT2D eigenvalue weighted by molar-refractivity contribution is 7.00. The van der Waals surface area contributed by atoms with Crippen molar-refractivity contribution in [1.29, 1.82) is 0 Å². The molecule has 0 atom stereocenters. The van der Waals surface area contributed by atoms with Crippen LogP contribution in [0.1, 0.15) is 22.3 Å². The van der Waals surface area contributed by atoms with Gasteiger partial charge >= 0.3 is 0 Å². The van der Waals surface area contributed by atoms with Crippen molar-refractivity contribution in [3.05, 3.63) is 95.6 Å². The summed E-state index contributed by atoms with van der Waals surface area (Å²) in [5, 5.41) is 0. The molecule has 0 bridgehead atoms. The van der Waals surface area contributed by atoms with Crippen LogP contribution in [0.2, 0.25) is 0 Å². The zero-order chi connectivity index (χ0) is 22.7. The van der Waals surface area contributed by atoms with E-state index in [0.29, 0.717) is 0 Å². The van der Waals surface area contributed by atoms with Gasteiger partial charge in [-0.1, -0.05) is 35.8 Å². The molecule has 4 heterocycles. The van der Waals surface area contributed by atoms with E-state index >= 15 is 0 Å². The van der Waals surface area contributed by atoms with Crippen molar-refractivity contribution < 1.29 is 0 Å². The molecule has 0 fully saturated rings. The summed E-state index contributed by atoms with van der Waals surface area (Å²) < 4.78 is 18.2. The van der Waals surface area contributed by atoms with Crippen molar-refractivity contribution in [2.75, 3.05) is 0 Å². The molecule has 0 saturated carbocycles. The summed E-state index contributed by atoms with van der Waals surface area (Å²) in [6, 6.07) is 15.5. The molecule has 2 aromatic carbocycles. The zero-order valence-electron chi connectivity index (χ0n) is 17.4. The molecule has 0 saturated heterocycles. The molecule has 8 heteroatoms. The number of hydrogen-bond donors (Lipinski definition) is 0. The first-order chi connectivity index (χ1) is 16.9. The van der Waals surface area contributed by atoms with E-state index in [0.717, 1.165) is 55.4 Å². The maximum Gasteiger partial charge on any atom is 0.121 e. The summed E-state index contributed by atoms with van der Waals surface area (Å²) >= 11 is 2.35. The van der Waals surface area contributed by atoms with Gasteiger partial charge in [0.05, 0.1) is 34.6 Å². The molecular formula is C26H12N6S2. The number of aromatic nitrogens is 6. The normalized spacial score (nSPS) is 10.5. The van der Waals surface area contributed by atoms with Gasteiger partial charge in [-0.15, -0.1) is 0 Å². The Hall–Kier alpha value is -4.50. The molecule has 0 unspecified atom stereocenters. The highest BCUT2D eigenvalue weighted by atomic mass is 32.1. The van der Waals surface area contributed by atoms with E-state index in [1.807, 2.05) is 48.5 Å². The van der Waals surface area contributed by atoms with E-state index in [2.05, 4.69) is 51.1 Å². The maximum atomic E-state index is 4.57. The second kappa shape index (κ2) is 8.80. The van der Waals surface area contributed by atoms with Gasteiger partial charge in [-0.25, -0.2) is 0 Å². The lowest BCUT2D eigenvalue weighted by Crippen LogP contribution is -1.89. The molecule has 6 aromatic rings. The summed E-state index contributed by atoms with van der Waals surface area (Å²) in [5.74, 6) is 12.8. The van der Waals surface area contributed by atoms with Crippen LogP contribution in [0.4, 0.5) is 0 Å². The first-order valence-electron chi connectivity index (χ1n) is 10.2. The molecule has 0 aliphatic rings. The number of pyridine rings is 2. The lowest BCUT2D eigenvalue weighted by molar-refractivity contribution is 1.32. The van der Waals surface area contributed by atoms with Gasteiger partial charge in [0.25, 0.3) is 0 Å². The van der Waals surface area contributed by atoms with Crippen molar-refractivity contribution in [3.8, 4) is 34.8 Å². The third-order valence-corrected chi connectivity index (χ3v) is 6.22. The third kappa shape index (κ3) is 3.78. The van der Waals surface area contributed by atoms with E-state index in [4.69, 9.17) is 0 Å².